The third-order valence-corrected chi connectivity index (χ3v) is 3.64. The highest BCUT2D eigenvalue weighted by atomic mass is 32.2. The van der Waals surface area contributed by atoms with Crippen molar-refractivity contribution >= 4 is 21.7 Å². The number of hydrogen-bond acceptors (Lipinski definition) is 4. The lowest BCUT2D eigenvalue weighted by Gasteiger charge is -2.38. The van der Waals surface area contributed by atoms with E-state index in [1.54, 1.807) is 0 Å². The fourth-order valence-electron chi connectivity index (χ4n) is 1.53. The van der Waals surface area contributed by atoms with Gasteiger partial charge in [-0.05, 0) is 19.3 Å². The average molecular weight is 249 g/mol. The molecule has 1 rings (SSSR count). The van der Waals surface area contributed by atoms with Gasteiger partial charge >= 0.3 is 5.97 Å². The van der Waals surface area contributed by atoms with Gasteiger partial charge in [-0.3, -0.25) is 4.79 Å². The molecule has 1 aliphatic carbocycles. The van der Waals surface area contributed by atoms with Crippen molar-refractivity contribution in [2.75, 3.05) is 12.0 Å². The maximum Gasteiger partial charge on any atom is 0.329 e. The Morgan fingerprint density at radius 1 is 1.38 bits per heavy atom. The molecule has 6 nitrogen and oxygen atoms in total. The van der Waals surface area contributed by atoms with E-state index in [2.05, 4.69) is 5.32 Å². The molecule has 0 aromatic carbocycles. The summed E-state index contributed by atoms with van der Waals surface area (Å²) in [7, 11) is -3.19. The third-order valence-electron chi connectivity index (χ3n) is 2.70. The zero-order valence-corrected chi connectivity index (χ0v) is 9.84. The molecule has 0 aromatic heterocycles. The largest absolute Gasteiger partial charge is 0.480 e. The van der Waals surface area contributed by atoms with E-state index in [0.717, 1.165) is 12.7 Å². The van der Waals surface area contributed by atoms with Gasteiger partial charge in [0.05, 0.1) is 5.75 Å². The zero-order chi connectivity index (χ0) is 12.4. The Labute approximate surface area is 93.9 Å². The van der Waals surface area contributed by atoms with E-state index in [1.165, 1.54) is 0 Å². The SMILES string of the molecule is CS(=O)(=O)CCC(=O)NC1(C(=O)O)CCC1. The fourth-order valence-corrected chi connectivity index (χ4v) is 2.09. The minimum Gasteiger partial charge on any atom is -0.480 e. The van der Waals surface area contributed by atoms with Crippen molar-refractivity contribution in [1.82, 2.24) is 5.32 Å². The first kappa shape index (κ1) is 13.0. The van der Waals surface area contributed by atoms with E-state index in [4.69, 9.17) is 5.11 Å². The summed E-state index contributed by atoms with van der Waals surface area (Å²) in [6, 6.07) is 0. The van der Waals surface area contributed by atoms with Crippen LogP contribution in [0.15, 0.2) is 0 Å². The van der Waals surface area contributed by atoms with Gasteiger partial charge in [0, 0.05) is 12.7 Å². The molecule has 0 radical (unpaired) electrons. The van der Waals surface area contributed by atoms with Crippen LogP contribution < -0.4 is 5.32 Å². The van der Waals surface area contributed by atoms with Crippen LogP contribution >= 0.6 is 0 Å². The Hall–Kier alpha value is -1.11. The second-order valence-corrected chi connectivity index (χ2v) is 6.43. The third kappa shape index (κ3) is 3.19. The topological polar surface area (TPSA) is 101 Å². The van der Waals surface area contributed by atoms with Gasteiger partial charge < -0.3 is 10.4 Å². The van der Waals surface area contributed by atoms with E-state index < -0.39 is 27.3 Å². The second-order valence-electron chi connectivity index (χ2n) is 4.17. The van der Waals surface area contributed by atoms with Crippen molar-refractivity contribution in [1.29, 1.82) is 0 Å². The Morgan fingerprint density at radius 3 is 2.25 bits per heavy atom. The summed E-state index contributed by atoms with van der Waals surface area (Å²) in [5.41, 5.74) is -1.16. The predicted octanol–water partition coefficient (Wildman–Crippen LogP) is -0.455. The van der Waals surface area contributed by atoms with Crippen molar-refractivity contribution < 1.29 is 23.1 Å². The lowest BCUT2D eigenvalue weighted by Crippen LogP contribution is -2.59. The molecule has 0 bridgehead atoms. The van der Waals surface area contributed by atoms with Crippen molar-refractivity contribution in [2.45, 2.75) is 31.2 Å². The first-order valence-corrected chi connectivity index (χ1v) is 7.03. The number of aliphatic carboxylic acids is 1. The van der Waals surface area contributed by atoms with E-state index in [-0.39, 0.29) is 12.2 Å². The summed E-state index contributed by atoms with van der Waals surface area (Å²) in [6.45, 7) is 0. The Bertz CT molecular complexity index is 396. The molecule has 92 valence electrons. The van der Waals surface area contributed by atoms with Crippen LogP contribution in [0.5, 0.6) is 0 Å². The quantitative estimate of drug-likeness (QED) is 0.687. The van der Waals surface area contributed by atoms with E-state index in [0.29, 0.717) is 12.8 Å². The van der Waals surface area contributed by atoms with E-state index in [9.17, 15) is 18.0 Å². The Kier molecular flexibility index (Phi) is 3.57. The van der Waals surface area contributed by atoms with Gasteiger partial charge in [0.1, 0.15) is 15.4 Å². The minimum absolute atomic E-state index is 0.187. The molecule has 0 spiro atoms. The minimum atomic E-state index is -3.19. The number of carboxylic acids is 1. The molecular formula is C9H15NO5S. The smallest absolute Gasteiger partial charge is 0.329 e. The van der Waals surface area contributed by atoms with Crippen LogP contribution in [0.3, 0.4) is 0 Å². The molecule has 0 heterocycles. The Balaban J connectivity index is 2.48. The average Bonchev–Trinajstić information content (AvgIpc) is 2.06. The molecule has 0 unspecified atom stereocenters. The number of hydrogen-bond donors (Lipinski definition) is 2. The number of carbonyl (C=O) groups is 2. The summed E-state index contributed by atoms with van der Waals surface area (Å²) in [5.74, 6) is -1.83. The molecule has 0 saturated heterocycles. The first-order valence-electron chi connectivity index (χ1n) is 4.97. The zero-order valence-electron chi connectivity index (χ0n) is 9.02. The number of carboxylic acid groups (broad SMARTS) is 1. The molecule has 0 aliphatic heterocycles. The molecule has 1 amide bonds. The number of amides is 1. The van der Waals surface area contributed by atoms with Crippen molar-refractivity contribution in [3.05, 3.63) is 0 Å². The van der Waals surface area contributed by atoms with Crippen LogP contribution in [0, 0.1) is 0 Å². The molecule has 0 atom stereocenters. The van der Waals surface area contributed by atoms with Crippen molar-refractivity contribution in [3.8, 4) is 0 Å². The highest BCUT2D eigenvalue weighted by molar-refractivity contribution is 7.90. The van der Waals surface area contributed by atoms with Crippen LogP contribution in [0.1, 0.15) is 25.7 Å². The van der Waals surface area contributed by atoms with Gasteiger partial charge in [0.25, 0.3) is 0 Å². The predicted molar refractivity (Wildman–Crippen MR) is 56.7 cm³/mol. The van der Waals surface area contributed by atoms with Gasteiger partial charge in [-0.25, -0.2) is 13.2 Å². The molecule has 1 saturated carbocycles. The van der Waals surface area contributed by atoms with Gasteiger partial charge in [-0.15, -0.1) is 0 Å². The number of rotatable bonds is 5. The van der Waals surface area contributed by atoms with E-state index in [1.807, 2.05) is 0 Å². The first-order chi connectivity index (χ1) is 7.25. The van der Waals surface area contributed by atoms with Crippen molar-refractivity contribution in [3.63, 3.8) is 0 Å². The molecule has 1 aliphatic rings. The summed E-state index contributed by atoms with van der Waals surface area (Å²) in [6.07, 6.45) is 2.43. The monoisotopic (exact) mass is 249 g/mol. The normalized spacial score (nSPS) is 18.6. The number of carbonyl (C=O) groups excluding carboxylic acids is 1. The molecular weight excluding hydrogens is 234 g/mol. The molecule has 1 fully saturated rings. The number of sulfone groups is 1. The fraction of sp³-hybridized carbons (Fsp3) is 0.778. The maximum atomic E-state index is 11.4. The van der Waals surface area contributed by atoms with Gasteiger partial charge in [0.15, 0.2) is 0 Å². The summed E-state index contributed by atoms with van der Waals surface area (Å²) in [5, 5.41) is 11.3. The van der Waals surface area contributed by atoms with Crippen LogP contribution in [-0.4, -0.2) is 42.9 Å². The van der Waals surface area contributed by atoms with Crippen LogP contribution in [0.4, 0.5) is 0 Å². The standard InChI is InChI=1S/C9H15NO5S/c1-16(14,15)6-3-7(11)10-9(8(12)13)4-2-5-9/h2-6H2,1H3,(H,10,11)(H,12,13). The second kappa shape index (κ2) is 4.40. The maximum absolute atomic E-state index is 11.4. The molecule has 2 N–H and O–H groups in total. The molecule has 16 heavy (non-hydrogen) atoms. The summed E-state index contributed by atoms with van der Waals surface area (Å²) in [4.78, 5) is 22.3. The highest BCUT2D eigenvalue weighted by Crippen LogP contribution is 2.32. The Morgan fingerprint density at radius 2 is 1.94 bits per heavy atom. The van der Waals surface area contributed by atoms with Crippen LogP contribution in [0.2, 0.25) is 0 Å². The van der Waals surface area contributed by atoms with E-state index >= 15 is 0 Å². The lowest BCUT2D eigenvalue weighted by atomic mass is 9.76. The highest BCUT2D eigenvalue weighted by Gasteiger charge is 2.45. The summed E-state index contributed by atoms with van der Waals surface area (Å²) >= 11 is 0. The van der Waals surface area contributed by atoms with Crippen LogP contribution in [0.25, 0.3) is 0 Å². The number of nitrogens with one attached hydrogen (secondary N) is 1. The van der Waals surface area contributed by atoms with Crippen molar-refractivity contribution in [2.24, 2.45) is 0 Å². The van der Waals surface area contributed by atoms with Gasteiger partial charge in [-0.2, -0.15) is 0 Å². The van der Waals surface area contributed by atoms with Gasteiger partial charge in [-0.1, -0.05) is 0 Å². The van der Waals surface area contributed by atoms with Gasteiger partial charge in [0.2, 0.25) is 5.91 Å². The van der Waals surface area contributed by atoms with Crippen LogP contribution in [-0.2, 0) is 19.4 Å². The summed E-state index contributed by atoms with van der Waals surface area (Å²) < 4.78 is 21.6. The lowest BCUT2D eigenvalue weighted by molar-refractivity contribution is -0.151. The molecule has 7 heteroatoms. The molecule has 0 aromatic rings.